The number of carboxylic acid groups (broad SMARTS) is 1. The van der Waals surface area contributed by atoms with Gasteiger partial charge in [0, 0.05) is 16.6 Å². The number of carbonyl (C=O) groups is 1. The number of aryl methyl sites for hydroxylation is 1. The van der Waals surface area contributed by atoms with E-state index in [1.165, 1.54) is 28.2 Å². The van der Waals surface area contributed by atoms with E-state index >= 15 is 0 Å². The Hall–Kier alpha value is -1.96. The minimum atomic E-state index is -1.13. The molecule has 3 aromatic heterocycles. The summed E-state index contributed by atoms with van der Waals surface area (Å²) >= 11 is 13.3. The van der Waals surface area contributed by atoms with E-state index < -0.39 is 11.8 Å². The maximum Gasteiger partial charge on any atom is 0.354 e. The van der Waals surface area contributed by atoms with Gasteiger partial charge in [0.05, 0.1) is 27.8 Å². The highest BCUT2D eigenvalue weighted by atomic mass is 35.5. The molecule has 3 heterocycles. The number of imidazole rings is 1. The Morgan fingerprint density at radius 3 is 2.71 bits per heavy atom. The Morgan fingerprint density at radius 2 is 2.12 bits per heavy atom. The molecule has 0 atom stereocenters. The molecular weight excluding hydrogens is 376 g/mol. The summed E-state index contributed by atoms with van der Waals surface area (Å²) < 4.78 is 15.5. The van der Waals surface area contributed by atoms with Crippen LogP contribution in [0, 0.1) is 12.7 Å². The quantitative estimate of drug-likeness (QED) is 0.717. The van der Waals surface area contributed by atoms with Gasteiger partial charge in [0.1, 0.15) is 11.6 Å². The molecule has 0 aromatic carbocycles. The first-order valence-corrected chi connectivity index (χ1v) is 8.29. The van der Waals surface area contributed by atoms with Crippen molar-refractivity contribution in [3.8, 4) is 11.4 Å². The molecule has 0 aliphatic carbocycles. The Labute approximate surface area is 150 Å². The minimum absolute atomic E-state index is 0.00912. The normalized spacial score (nSPS) is 11.0. The van der Waals surface area contributed by atoms with Crippen molar-refractivity contribution in [2.75, 3.05) is 0 Å². The van der Waals surface area contributed by atoms with Crippen LogP contribution in [0.25, 0.3) is 11.4 Å². The number of pyridine rings is 1. The summed E-state index contributed by atoms with van der Waals surface area (Å²) in [5.74, 6) is -1.36. The van der Waals surface area contributed by atoms with Crippen LogP contribution in [0.2, 0.25) is 9.36 Å². The number of carboxylic acids is 1. The standard InChI is InChI=1S/C15H10Cl2FN3O2S/c1-7-13(15(22)23)21(6-11-10(16)3-12(17)24-11)14(20-7)8-2-9(18)5-19-4-8/h2-5H,6H2,1H3,(H,22,23). The number of thiophene rings is 1. The molecule has 3 aromatic rings. The molecular formula is C15H10Cl2FN3O2S. The van der Waals surface area contributed by atoms with Gasteiger partial charge in [-0.3, -0.25) is 4.98 Å². The van der Waals surface area contributed by atoms with Gasteiger partial charge in [0.25, 0.3) is 0 Å². The number of hydrogen-bond acceptors (Lipinski definition) is 4. The lowest BCUT2D eigenvalue weighted by Crippen LogP contribution is -2.11. The van der Waals surface area contributed by atoms with Crippen LogP contribution in [-0.2, 0) is 6.54 Å². The van der Waals surface area contributed by atoms with Crippen molar-refractivity contribution in [2.24, 2.45) is 0 Å². The second-order valence-electron chi connectivity index (χ2n) is 4.97. The first-order valence-electron chi connectivity index (χ1n) is 6.72. The summed E-state index contributed by atoms with van der Waals surface area (Å²) in [5, 5.41) is 9.95. The molecule has 0 saturated heterocycles. The molecule has 124 valence electrons. The van der Waals surface area contributed by atoms with Crippen LogP contribution in [0.1, 0.15) is 21.1 Å². The second kappa shape index (κ2) is 6.51. The Kier molecular flexibility index (Phi) is 4.58. The fourth-order valence-corrected chi connectivity index (χ4v) is 3.94. The van der Waals surface area contributed by atoms with Gasteiger partial charge < -0.3 is 9.67 Å². The summed E-state index contributed by atoms with van der Waals surface area (Å²) in [5.41, 5.74) is 0.708. The van der Waals surface area contributed by atoms with E-state index in [1.54, 1.807) is 13.0 Å². The molecule has 0 amide bonds. The SMILES string of the molecule is Cc1nc(-c2cncc(F)c2)n(Cc2sc(Cl)cc2Cl)c1C(=O)O. The van der Waals surface area contributed by atoms with E-state index in [2.05, 4.69) is 9.97 Å². The molecule has 24 heavy (non-hydrogen) atoms. The molecule has 0 aliphatic rings. The van der Waals surface area contributed by atoms with Gasteiger partial charge in [-0.05, 0) is 19.1 Å². The van der Waals surface area contributed by atoms with Gasteiger partial charge in [0.2, 0.25) is 0 Å². The number of aromatic nitrogens is 3. The molecule has 0 spiro atoms. The predicted molar refractivity (Wildman–Crippen MR) is 90.6 cm³/mol. The fourth-order valence-electron chi connectivity index (χ4n) is 2.38. The molecule has 0 fully saturated rings. The Balaban J connectivity index is 2.18. The highest BCUT2D eigenvalue weighted by Crippen LogP contribution is 2.33. The average molecular weight is 386 g/mol. The van der Waals surface area contributed by atoms with Crippen molar-refractivity contribution in [1.29, 1.82) is 0 Å². The van der Waals surface area contributed by atoms with Crippen LogP contribution in [0.4, 0.5) is 4.39 Å². The highest BCUT2D eigenvalue weighted by Gasteiger charge is 2.23. The molecule has 0 bridgehead atoms. The molecule has 0 saturated carbocycles. The van der Waals surface area contributed by atoms with Crippen molar-refractivity contribution in [3.63, 3.8) is 0 Å². The summed E-state index contributed by atoms with van der Waals surface area (Å²) in [6.45, 7) is 1.74. The number of aromatic carboxylic acids is 1. The van der Waals surface area contributed by atoms with Gasteiger partial charge >= 0.3 is 5.97 Å². The van der Waals surface area contributed by atoms with Crippen molar-refractivity contribution in [3.05, 3.63) is 56.0 Å². The monoisotopic (exact) mass is 385 g/mol. The van der Waals surface area contributed by atoms with Gasteiger partial charge in [-0.15, -0.1) is 11.3 Å². The lowest BCUT2D eigenvalue weighted by molar-refractivity contribution is 0.0685. The zero-order valence-corrected chi connectivity index (χ0v) is 14.6. The number of rotatable bonds is 4. The smallest absolute Gasteiger partial charge is 0.354 e. The lowest BCUT2D eigenvalue weighted by atomic mass is 10.2. The summed E-state index contributed by atoms with van der Waals surface area (Å²) in [4.78, 5) is 20.4. The van der Waals surface area contributed by atoms with Crippen LogP contribution in [0.3, 0.4) is 0 Å². The van der Waals surface area contributed by atoms with Crippen LogP contribution in [0.15, 0.2) is 24.5 Å². The molecule has 3 rings (SSSR count). The van der Waals surface area contributed by atoms with E-state index in [1.807, 2.05) is 0 Å². The molecule has 5 nitrogen and oxygen atoms in total. The van der Waals surface area contributed by atoms with Gasteiger partial charge in [-0.2, -0.15) is 0 Å². The molecule has 0 radical (unpaired) electrons. The number of nitrogens with zero attached hydrogens (tertiary/aromatic N) is 3. The third-order valence-electron chi connectivity index (χ3n) is 3.34. The minimum Gasteiger partial charge on any atom is -0.477 e. The van der Waals surface area contributed by atoms with E-state index in [0.29, 0.717) is 31.3 Å². The van der Waals surface area contributed by atoms with Gasteiger partial charge in [-0.1, -0.05) is 23.2 Å². The van der Waals surface area contributed by atoms with Crippen LogP contribution in [-0.4, -0.2) is 25.6 Å². The molecule has 0 unspecified atom stereocenters. The fraction of sp³-hybridized carbons (Fsp3) is 0.133. The van der Waals surface area contributed by atoms with Gasteiger partial charge in [-0.25, -0.2) is 14.2 Å². The third-order valence-corrected chi connectivity index (χ3v) is 5.03. The predicted octanol–water partition coefficient (Wildman–Crippen LogP) is 4.51. The van der Waals surface area contributed by atoms with Crippen LogP contribution in [0.5, 0.6) is 0 Å². The summed E-state index contributed by atoms with van der Waals surface area (Å²) in [6, 6.07) is 2.84. The Morgan fingerprint density at radius 1 is 1.38 bits per heavy atom. The van der Waals surface area contributed by atoms with Crippen LogP contribution < -0.4 is 0 Å². The number of halogens is 3. The zero-order valence-electron chi connectivity index (χ0n) is 12.3. The summed E-state index contributed by atoms with van der Waals surface area (Å²) in [6.07, 6.45) is 2.49. The Bertz CT molecular complexity index is 939. The first kappa shape index (κ1) is 16.9. The lowest BCUT2D eigenvalue weighted by Gasteiger charge is -2.09. The van der Waals surface area contributed by atoms with Gasteiger partial charge in [0.15, 0.2) is 5.69 Å². The first-order chi connectivity index (χ1) is 11.4. The van der Waals surface area contributed by atoms with Crippen molar-refractivity contribution >= 4 is 40.5 Å². The number of hydrogen-bond donors (Lipinski definition) is 1. The average Bonchev–Trinajstić information content (AvgIpc) is 2.99. The summed E-state index contributed by atoms with van der Waals surface area (Å²) in [7, 11) is 0. The van der Waals surface area contributed by atoms with Crippen molar-refractivity contribution < 1.29 is 14.3 Å². The highest BCUT2D eigenvalue weighted by molar-refractivity contribution is 7.16. The van der Waals surface area contributed by atoms with E-state index in [0.717, 1.165) is 6.20 Å². The maximum atomic E-state index is 13.5. The third kappa shape index (κ3) is 3.15. The maximum absolute atomic E-state index is 13.5. The molecule has 0 aliphatic heterocycles. The van der Waals surface area contributed by atoms with E-state index in [4.69, 9.17) is 23.2 Å². The molecule has 9 heteroatoms. The van der Waals surface area contributed by atoms with E-state index in [9.17, 15) is 14.3 Å². The largest absolute Gasteiger partial charge is 0.477 e. The zero-order chi connectivity index (χ0) is 17.4. The topological polar surface area (TPSA) is 68.0 Å². The van der Waals surface area contributed by atoms with Crippen LogP contribution >= 0.6 is 34.5 Å². The van der Waals surface area contributed by atoms with Crippen molar-refractivity contribution in [2.45, 2.75) is 13.5 Å². The second-order valence-corrected chi connectivity index (χ2v) is 7.15. The van der Waals surface area contributed by atoms with E-state index in [-0.39, 0.29) is 12.2 Å². The molecule has 1 N–H and O–H groups in total. The van der Waals surface area contributed by atoms with Crippen molar-refractivity contribution in [1.82, 2.24) is 14.5 Å².